The molecule has 1 saturated heterocycles. The Morgan fingerprint density at radius 3 is 2.41 bits per heavy atom. The number of benzene rings is 2. The van der Waals surface area contributed by atoms with E-state index in [0.29, 0.717) is 16.4 Å². The Morgan fingerprint density at radius 1 is 0.946 bits per heavy atom. The number of carbonyl (C=O) groups is 3. The lowest BCUT2D eigenvalue weighted by molar-refractivity contribution is -0.122. The Kier molecular flexibility index (Phi) is 6.10. The van der Waals surface area contributed by atoms with Gasteiger partial charge >= 0.3 is 4.87 Å². The SMILES string of the molecule is Cc1ccc(N2C(=O)C3Sc4c(sc(=O)n4CC(=O)Nc4ccccc4)[C@@H](c4cccs4)C3C2=O)cc1. The summed E-state index contributed by atoms with van der Waals surface area (Å²) < 4.78 is 1.44. The van der Waals surface area contributed by atoms with Crippen LogP contribution in [0.5, 0.6) is 0 Å². The number of thioether (sulfide) groups is 1. The van der Waals surface area contributed by atoms with Gasteiger partial charge < -0.3 is 5.32 Å². The average Bonchev–Trinajstić information content (AvgIpc) is 3.58. The molecule has 0 aliphatic carbocycles. The molecule has 0 spiro atoms. The summed E-state index contributed by atoms with van der Waals surface area (Å²) in [4.78, 5) is 56.1. The highest BCUT2D eigenvalue weighted by Gasteiger charge is 2.57. The molecular weight excluding hydrogens is 527 g/mol. The first-order valence-electron chi connectivity index (χ1n) is 11.7. The van der Waals surface area contributed by atoms with Crippen LogP contribution in [0, 0.1) is 12.8 Å². The van der Waals surface area contributed by atoms with E-state index in [2.05, 4.69) is 5.32 Å². The number of imide groups is 1. The number of anilines is 2. The highest BCUT2D eigenvalue weighted by molar-refractivity contribution is 8.00. The fraction of sp³-hybridized carbons (Fsp3) is 0.185. The minimum Gasteiger partial charge on any atom is -0.325 e. The van der Waals surface area contributed by atoms with E-state index in [1.54, 1.807) is 24.3 Å². The maximum Gasteiger partial charge on any atom is 0.308 e. The molecule has 3 amide bonds. The standard InChI is InChI=1S/C27H21N3O4S3/c1-15-9-11-17(12-10-15)30-24(32)21-20(18-8-5-13-35-18)23-26(36-22(21)25(30)33)29(27(34)37-23)14-19(31)28-16-6-3-2-4-7-16/h2-13,20-22H,14H2,1H3,(H,28,31)/t20-,21?,22?/m0/s1. The van der Waals surface area contributed by atoms with E-state index in [-0.39, 0.29) is 29.1 Å². The third kappa shape index (κ3) is 4.14. The van der Waals surface area contributed by atoms with Gasteiger partial charge in [0.25, 0.3) is 0 Å². The smallest absolute Gasteiger partial charge is 0.308 e. The van der Waals surface area contributed by atoms with Crippen LogP contribution in [0.25, 0.3) is 0 Å². The second-order valence-corrected chi connectivity index (χ2v) is 12.0. The van der Waals surface area contributed by atoms with Crippen LogP contribution in [0.2, 0.25) is 0 Å². The lowest BCUT2D eigenvalue weighted by Crippen LogP contribution is -2.32. The van der Waals surface area contributed by atoms with Crippen molar-refractivity contribution >= 4 is 63.5 Å². The predicted molar refractivity (Wildman–Crippen MR) is 147 cm³/mol. The molecule has 2 aromatic heterocycles. The molecule has 0 saturated carbocycles. The summed E-state index contributed by atoms with van der Waals surface area (Å²) in [5.74, 6) is -1.95. The lowest BCUT2D eigenvalue weighted by Gasteiger charge is -2.29. The second kappa shape index (κ2) is 9.44. The van der Waals surface area contributed by atoms with Gasteiger partial charge in [0.2, 0.25) is 17.7 Å². The molecule has 0 bridgehead atoms. The van der Waals surface area contributed by atoms with Gasteiger partial charge in [-0.1, -0.05) is 65.1 Å². The highest BCUT2D eigenvalue weighted by atomic mass is 32.2. The topological polar surface area (TPSA) is 88.5 Å². The second-order valence-electron chi connectivity index (χ2n) is 8.94. The van der Waals surface area contributed by atoms with Crippen molar-refractivity contribution in [3.8, 4) is 0 Å². The Balaban J connectivity index is 1.39. The number of aryl methyl sites for hydroxylation is 1. The van der Waals surface area contributed by atoms with Gasteiger partial charge in [0.1, 0.15) is 11.8 Å². The number of thiazole rings is 1. The van der Waals surface area contributed by atoms with Gasteiger partial charge in [0.15, 0.2) is 0 Å². The van der Waals surface area contributed by atoms with Crippen molar-refractivity contribution in [2.45, 2.75) is 29.7 Å². The number of hydrogen-bond acceptors (Lipinski definition) is 7. The van der Waals surface area contributed by atoms with Crippen LogP contribution in [0.4, 0.5) is 11.4 Å². The van der Waals surface area contributed by atoms with Crippen LogP contribution < -0.4 is 15.1 Å². The predicted octanol–water partition coefficient (Wildman–Crippen LogP) is 4.71. The van der Waals surface area contributed by atoms with Gasteiger partial charge in [-0.25, -0.2) is 4.90 Å². The molecule has 3 atom stereocenters. The first-order valence-corrected chi connectivity index (χ1v) is 14.2. The Hall–Kier alpha value is -3.47. The van der Waals surface area contributed by atoms with Crippen molar-refractivity contribution in [1.82, 2.24) is 4.57 Å². The number of carbonyl (C=O) groups excluding carboxylic acids is 3. The molecule has 186 valence electrons. The molecule has 1 N–H and O–H groups in total. The fourth-order valence-corrected chi connectivity index (χ4v) is 8.57. The first-order chi connectivity index (χ1) is 17.9. The maximum atomic E-state index is 13.8. The van der Waals surface area contributed by atoms with E-state index < -0.39 is 17.1 Å². The zero-order chi connectivity index (χ0) is 25.7. The van der Waals surface area contributed by atoms with Crippen LogP contribution in [-0.2, 0) is 20.9 Å². The third-order valence-electron chi connectivity index (χ3n) is 6.55. The van der Waals surface area contributed by atoms with Crippen molar-refractivity contribution in [1.29, 1.82) is 0 Å². The largest absolute Gasteiger partial charge is 0.325 e. The summed E-state index contributed by atoms with van der Waals surface area (Å²) in [6, 6.07) is 20.2. The third-order valence-corrected chi connectivity index (χ3v) is 10.1. The highest BCUT2D eigenvalue weighted by Crippen LogP contribution is 2.54. The van der Waals surface area contributed by atoms with Gasteiger partial charge in [-0.05, 0) is 42.6 Å². The Labute approximate surface area is 224 Å². The average molecular weight is 548 g/mol. The van der Waals surface area contributed by atoms with E-state index >= 15 is 0 Å². The van der Waals surface area contributed by atoms with Gasteiger partial charge in [0.05, 0.1) is 16.6 Å². The molecule has 2 aliphatic heterocycles. The molecule has 4 aromatic rings. The quantitative estimate of drug-likeness (QED) is 0.366. The summed E-state index contributed by atoms with van der Waals surface area (Å²) in [6.45, 7) is 1.77. The van der Waals surface area contributed by atoms with Crippen molar-refractivity contribution < 1.29 is 14.4 Å². The molecule has 0 radical (unpaired) electrons. The molecule has 2 unspecified atom stereocenters. The maximum absolute atomic E-state index is 13.8. The number of aromatic nitrogens is 1. The number of amides is 3. The van der Waals surface area contributed by atoms with Gasteiger partial charge in [-0.2, -0.15) is 0 Å². The minimum absolute atomic E-state index is 0.176. The summed E-state index contributed by atoms with van der Waals surface area (Å²) in [5.41, 5.74) is 2.22. The molecule has 6 rings (SSSR count). The number of para-hydroxylation sites is 1. The zero-order valence-corrected chi connectivity index (χ0v) is 22.1. The van der Waals surface area contributed by atoms with Crippen molar-refractivity contribution in [2.75, 3.05) is 10.2 Å². The monoisotopic (exact) mass is 547 g/mol. The summed E-state index contributed by atoms with van der Waals surface area (Å²) in [6.07, 6.45) is 0. The van der Waals surface area contributed by atoms with E-state index in [0.717, 1.165) is 26.7 Å². The molecular formula is C27H21N3O4S3. The fourth-order valence-electron chi connectivity index (χ4n) is 4.84. The lowest BCUT2D eigenvalue weighted by atomic mass is 9.87. The van der Waals surface area contributed by atoms with E-state index in [4.69, 9.17) is 0 Å². The van der Waals surface area contributed by atoms with E-state index in [9.17, 15) is 19.2 Å². The molecule has 37 heavy (non-hydrogen) atoms. The van der Waals surface area contributed by atoms with Gasteiger partial charge in [-0.3, -0.25) is 23.7 Å². The summed E-state index contributed by atoms with van der Waals surface area (Å²) >= 11 is 3.78. The van der Waals surface area contributed by atoms with E-state index in [1.165, 1.54) is 32.6 Å². The van der Waals surface area contributed by atoms with Crippen LogP contribution in [0.1, 0.15) is 21.2 Å². The summed E-state index contributed by atoms with van der Waals surface area (Å²) in [5, 5.41) is 4.64. The molecule has 10 heteroatoms. The van der Waals surface area contributed by atoms with Crippen molar-refractivity contribution in [3.63, 3.8) is 0 Å². The number of rotatable bonds is 5. The molecule has 7 nitrogen and oxygen atoms in total. The Morgan fingerprint density at radius 2 is 1.70 bits per heavy atom. The number of thiophene rings is 1. The first kappa shape index (κ1) is 23.9. The van der Waals surface area contributed by atoms with Crippen LogP contribution in [-0.4, -0.2) is 27.5 Å². The van der Waals surface area contributed by atoms with Crippen LogP contribution >= 0.6 is 34.4 Å². The van der Waals surface area contributed by atoms with E-state index in [1.807, 2.05) is 54.8 Å². The molecule has 4 heterocycles. The number of nitrogens with zero attached hydrogens (tertiary/aromatic N) is 2. The van der Waals surface area contributed by atoms with Gasteiger partial charge in [-0.15, -0.1) is 11.3 Å². The number of nitrogens with one attached hydrogen (secondary N) is 1. The van der Waals surface area contributed by atoms with Gasteiger partial charge in [0, 0.05) is 21.4 Å². The number of hydrogen-bond donors (Lipinski definition) is 1. The Bertz CT molecular complexity index is 1560. The van der Waals surface area contributed by atoms with Crippen molar-refractivity contribution in [2.24, 2.45) is 5.92 Å². The van der Waals surface area contributed by atoms with Crippen LogP contribution in [0.15, 0.2) is 81.9 Å². The molecule has 2 aliphatic rings. The van der Waals surface area contributed by atoms with Crippen LogP contribution in [0.3, 0.4) is 0 Å². The normalized spacial score (nSPS) is 20.6. The molecule has 1 fully saturated rings. The zero-order valence-electron chi connectivity index (χ0n) is 19.6. The minimum atomic E-state index is -0.689. The molecule has 2 aromatic carbocycles. The van der Waals surface area contributed by atoms with Crippen molar-refractivity contribution in [3.05, 3.63) is 97.1 Å². The summed E-state index contributed by atoms with van der Waals surface area (Å²) in [7, 11) is 0. The number of fused-ring (bicyclic) bond motifs is 2.